The SMILES string of the molecule is CCC(O)CNCc1ccc([N+](=O)[O-])c(F)c1. The molecule has 0 radical (unpaired) electrons. The number of nitrogens with zero attached hydrogens (tertiary/aromatic N) is 1. The van der Waals surface area contributed by atoms with Crippen molar-refractivity contribution < 1.29 is 14.4 Å². The highest BCUT2D eigenvalue weighted by Gasteiger charge is 2.13. The Morgan fingerprint density at radius 1 is 1.59 bits per heavy atom. The van der Waals surface area contributed by atoms with Gasteiger partial charge in [-0.15, -0.1) is 0 Å². The van der Waals surface area contributed by atoms with E-state index in [9.17, 15) is 19.6 Å². The molecular weight excluding hydrogens is 227 g/mol. The Balaban J connectivity index is 2.56. The quantitative estimate of drug-likeness (QED) is 0.586. The third-order valence-electron chi connectivity index (χ3n) is 2.39. The van der Waals surface area contributed by atoms with Gasteiger partial charge in [0.1, 0.15) is 0 Å². The van der Waals surface area contributed by atoms with E-state index < -0.39 is 22.5 Å². The summed E-state index contributed by atoms with van der Waals surface area (Å²) in [6.45, 7) is 2.64. The number of rotatable bonds is 6. The van der Waals surface area contributed by atoms with E-state index in [2.05, 4.69) is 5.32 Å². The van der Waals surface area contributed by atoms with Gasteiger partial charge in [-0.3, -0.25) is 10.1 Å². The zero-order valence-electron chi connectivity index (χ0n) is 9.52. The Morgan fingerprint density at radius 2 is 2.29 bits per heavy atom. The fourth-order valence-electron chi connectivity index (χ4n) is 1.34. The van der Waals surface area contributed by atoms with E-state index in [4.69, 9.17) is 0 Å². The van der Waals surface area contributed by atoms with Gasteiger partial charge in [0.2, 0.25) is 5.82 Å². The van der Waals surface area contributed by atoms with Crippen LogP contribution in [0, 0.1) is 15.9 Å². The maximum absolute atomic E-state index is 13.2. The van der Waals surface area contributed by atoms with Crippen LogP contribution in [0.3, 0.4) is 0 Å². The molecule has 0 bridgehead atoms. The van der Waals surface area contributed by atoms with Crippen molar-refractivity contribution in [3.8, 4) is 0 Å². The maximum atomic E-state index is 13.2. The predicted octanol–water partition coefficient (Wildman–Crippen LogP) is 1.59. The smallest absolute Gasteiger partial charge is 0.304 e. The first kappa shape index (κ1) is 13.5. The number of hydrogen-bond donors (Lipinski definition) is 2. The lowest BCUT2D eigenvalue weighted by Gasteiger charge is -2.09. The Labute approximate surface area is 98.4 Å². The summed E-state index contributed by atoms with van der Waals surface area (Å²) in [7, 11) is 0. The van der Waals surface area contributed by atoms with E-state index >= 15 is 0 Å². The third-order valence-corrected chi connectivity index (χ3v) is 2.39. The second-order valence-electron chi connectivity index (χ2n) is 3.74. The average molecular weight is 242 g/mol. The zero-order valence-corrected chi connectivity index (χ0v) is 9.52. The molecule has 1 rings (SSSR count). The summed E-state index contributed by atoms with van der Waals surface area (Å²) in [6, 6.07) is 3.76. The first-order valence-electron chi connectivity index (χ1n) is 5.36. The Kier molecular flexibility index (Phi) is 4.99. The molecule has 0 aromatic heterocycles. The molecule has 94 valence electrons. The van der Waals surface area contributed by atoms with E-state index in [1.54, 1.807) is 0 Å². The number of hydrogen-bond acceptors (Lipinski definition) is 4. The van der Waals surface area contributed by atoms with Crippen LogP contribution in [0.2, 0.25) is 0 Å². The van der Waals surface area contributed by atoms with E-state index in [1.807, 2.05) is 6.92 Å². The number of nitro benzene ring substituents is 1. The van der Waals surface area contributed by atoms with E-state index in [0.717, 1.165) is 12.1 Å². The van der Waals surface area contributed by atoms with Crippen LogP contribution in [0.25, 0.3) is 0 Å². The molecule has 0 fully saturated rings. The predicted molar refractivity (Wildman–Crippen MR) is 61.1 cm³/mol. The molecule has 0 saturated heterocycles. The van der Waals surface area contributed by atoms with Gasteiger partial charge in [0.05, 0.1) is 11.0 Å². The van der Waals surface area contributed by atoms with Crippen LogP contribution in [0.15, 0.2) is 18.2 Å². The second-order valence-corrected chi connectivity index (χ2v) is 3.74. The van der Waals surface area contributed by atoms with E-state index in [-0.39, 0.29) is 0 Å². The Hall–Kier alpha value is -1.53. The monoisotopic (exact) mass is 242 g/mol. The first-order valence-corrected chi connectivity index (χ1v) is 5.36. The first-order chi connectivity index (χ1) is 8.04. The lowest BCUT2D eigenvalue weighted by atomic mass is 10.2. The molecule has 0 spiro atoms. The fourth-order valence-corrected chi connectivity index (χ4v) is 1.34. The molecule has 5 nitrogen and oxygen atoms in total. The lowest BCUT2D eigenvalue weighted by Crippen LogP contribution is -2.25. The zero-order chi connectivity index (χ0) is 12.8. The van der Waals surface area contributed by atoms with Crippen LogP contribution in [-0.2, 0) is 6.54 Å². The molecule has 1 atom stereocenters. The van der Waals surface area contributed by atoms with Gasteiger partial charge in [-0.05, 0) is 18.1 Å². The van der Waals surface area contributed by atoms with Crippen molar-refractivity contribution in [3.63, 3.8) is 0 Å². The highest BCUT2D eigenvalue weighted by molar-refractivity contribution is 5.34. The topological polar surface area (TPSA) is 75.4 Å². The Morgan fingerprint density at radius 3 is 2.82 bits per heavy atom. The minimum Gasteiger partial charge on any atom is -0.392 e. The molecule has 0 saturated carbocycles. The minimum atomic E-state index is -0.842. The summed E-state index contributed by atoms with van der Waals surface area (Å²) >= 11 is 0. The van der Waals surface area contributed by atoms with Crippen LogP contribution in [0.4, 0.5) is 10.1 Å². The van der Waals surface area contributed by atoms with E-state index in [1.165, 1.54) is 6.07 Å². The summed E-state index contributed by atoms with van der Waals surface area (Å²) in [6.07, 6.45) is 0.208. The Bertz CT molecular complexity index is 398. The van der Waals surface area contributed by atoms with Gasteiger partial charge >= 0.3 is 5.69 Å². The number of nitro groups is 1. The maximum Gasteiger partial charge on any atom is 0.304 e. The standard InChI is InChI=1S/C11H15FN2O3/c1-2-9(15)7-13-6-8-3-4-11(14(16)17)10(12)5-8/h3-5,9,13,15H,2,6-7H2,1H3. The highest BCUT2D eigenvalue weighted by Crippen LogP contribution is 2.17. The van der Waals surface area contributed by atoms with Gasteiger partial charge in [-0.25, -0.2) is 0 Å². The number of aliphatic hydroxyl groups excluding tert-OH is 1. The minimum absolute atomic E-state index is 0.367. The summed E-state index contributed by atoms with van der Waals surface area (Å²) in [5.74, 6) is -0.842. The van der Waals surface area contributed by atoms with Crippen molar-refractivity contribution in [3.05, 3.63) is 39.7 Å². The van der Waals surface area contributed by atoms with Gasteiger partial charge < -0.3 is 10.4 Å². The highest BCUT2D eigenvalue weighted by atomic mass is 19.1. The number of aliphatic hydroxyl groups is 1. The van der Waals surface area contributed by atoms with Gasteiger partial charge in [-0.1, -0.05) is 13.0 Å². The molecular formula is C11H15FN2O3. The molecule has 17 heavy (non-hydrogen) atoms. The van der Waals surface area contributed by atoms with Crippen molar-refractivity contribution >= 4 is 5.69 Å². The average Bonchev–Trinajstić information content (AvgIpc) is 2.28. The molecule has 0 aliphatic heterocycles. The van der Waals surface area contributed by atoms with Crippen LogP contribution >= 0.6 is 0 Å². The van der Waals surface area contributed by atoms with Gasteiger partial charge in [0.15, 0.2) is 0 Å². The van der Waals surface area contributed by atoms with Crippen LogP contribution in [-0.4, -0.2) is 22.7 Å². The lowest BCUT2D eigenvalue weighted by molar-refractivity contribution is -0.387. The molecule has 0 amide bonds. The second kappa shape index (κ2) is 6.27. The van der Waals surface area contributed by atoms with Gasteiger partial charge in [0.25, 0.3) is 0 Å². The fraction of sp³-hybridized carbons (Fsp3) is 0.455. The molecule has 0 aliphatic rings. The van der Waals surface area contributed by atoms with Crippen molar-refractivity contribution in [2.75, 3.05) is 6.54 Å². The van der Waals surface area contributed by atoms with Crippen LogP contribution < -0.4 is 5.32 Å². The van der Waals surface area contributed by atoms with Crippen molar-refractivity contribution in [1.82, 2.24) is 5.32 Å². The van der Waals surface area contributed by atoms with Gasteiger partial charge in [0, 0.05) is 19.2 Å². The number of nitrogens with one attached hydrogen (secondary N) is 1. The summed E-state index contributed by atoms with van der Waals surface area (Å²) < 4.78 is 13.2. The normalized spacial score (nSPS) is 12.4. The molecule has 6 heteroatoms. The van der Waals surface area contributed by atoms with Crippen LogP contribution in [0.1, 0.15) is 18.9 Å². The van der Waals surface area contributed by atoms with Crippen molar-refractivity contribution in [2.24, 2.45) is 0 Å². The van der Waals surface area contributed by atoms with Gasteiger partial charge in [-0.2, -0.15) is 4.39 Å². The molecule has 1 aromatic carbocycles. The summed E-state index contributed by atoms with van der Waals surface area (Å²) in [4.78, 5) is 9.64. The molecule has 0 aliphatic carbocycles. The molecule has 2 N–H and O–H groups in total. The van der Waals surface area contributed by atoms with Crippen LogP contribution in [0.5, 0.6) is 0 Å². The summed E-state index contributed by atoms with van der Waals surface area (Å²) in [5, 5.41) is 22.6. The third kappa shape index (κ3) is 4.08. The van der Waals surface area contributed by atoms with Crippen molar-refractivity contribution in [2.45, 2.75) is 26.0 Å². The number of halogens is 1. The van der Waals surface area contributed by atoms with Crippen molar-refractivity contribution in [1.29, 1.82) is 0 Å². The van der Waals surface area contributed by atoms with E-state index in [0.29, 0.717) is 25.1 Å². The summed E-state index contributed by atoms with van der Waals surface area (Å²) in [5.41, 5.74) is 0.0822. The largest absolute Gasteiger partial charge is 0.392 e. The molecule has 1 unspecified atom stereocenters. The molecule has 0 heterocycles. The molecule has 1 aromatic rings. The number of benzene rings is 1.